The molecular formula is C22H26N2O4. The molecule has 2 N–H and O–H groups in total. The highest BCUT2D eigenvalue weighted by atomic mass is 16.5. The van der Waals surface area contributed by atoms with Gasteiger partial charge in [-0.05, 0) is 41.3 Å². The molecule has 6 nitrogen and oxygen atoms in total. The molecule has 0 fully saturated rings. The van der Waals surface area contributed by atoms with Crippen LogP contribution in [0.4, 0.5) is 10.5 Å². The third kappa shape index (κ3) is 5.61. The van der Waals surface area contributed by atoms with E-state index < -0.39 is 5.97 Å². The molecule has 6 heteroatoms. The number of aliphatic carboxylic acids is 1. The first kappa shape index (κ1) is 21.0. The maximum Gasteiger partial charge on any atom is 0.371 e. The predicted molar refractivity (Wildman–Crippen MR) is 111 cm³/mol. The molecule has 0 saturated carbocycles. The van der Waals surface area contributed by atoms with E-state index in [4.69, 9.17) is 9.84 Å². The number of nitrogens with one attached hydrogen (secondary N) is 1. The van der Waals surface area contributed by atoms with Gasteiger partial charge in [-0.15, -0.1) is 0 Å². The van der Waals surface area contributed by atoms with E-state index in [1.54, 1.807) is 11.9 Å². The van der Waals surface area contributed by atoms with Crippen LogP contribution in [0.5, 0.6) is 0 Å². The predicted octanol–water partition coefficient (Wildman–Crippen LogP) is 4.37. The number of ether oxygens (including phenoxy) is 1. The Labute approximate surface area is 165 Å². The van der Waals surface area contributed by atoms with Crippen LogP contribution in [0.25, 0.3) is 17.2 Å². The van der Waals surface area contributed by atoms with E-state index in [1.807, 2.05) is 48.5 Å². The number of carboxylic acids is 1. The number of benzene rings is 2. The second kappa shape index (κ2) is 10.2. The molecule has 2 aromatic rings. The molecule has 0 radical (unpaired) electrons. The van der Waals surface area contributed by atoms with Gasteiger partial charge in [0.1, 0.15) is 0 Å². The molecule has 28 heavy (non-hydrogen) atoms. The Morgan fingerprint density at radius 1 is 1.14 bits per heavy atom. The summed E-state index contributed by atoms with van der Waals surface area (Å²) in [5, 5.41) is 11.9. The Balaban J connectivity index is 2.17. The monoisotopic (exact) mass is 382 g/mol. The SMILES string of the molecule is CCCCNC(=O)N(C)c1cccc(-c2ccc(/C=C(\OC)C(=O)O)cc2)c1. The molecule has 2 aromatic carbocycles. The first-order chi connectivity index (χ1) is 13.5. The van der Waals surface area contributed by atoms with Crippen molar-refractivity contribution in [2.45, 2.75) is 19.8 Å². The van der Waals surface area contributed by atoms with Gasteiger partial charge in [-0.2, -0.15) is 0 Å². The van der Waals surface area contributed by atoms with Crippen LogP contribution in [0.15, 0.2) is 54.3 Å². The molecule has 0 aliphatic heterocycles. The Morgan fingerprint density at radius 3 is 2.46 bits per heavy atom. The molecule has 0 bridgehead atoms. The van der Waals surface area contributed by atoms with Crippen LogP contribution in [0.3, 0.4) is 0 Å². The zero-order valence-corrected chi connectivity index (χ0v) is 16.4. The standard InChI is InChI=1S/C22H26N2O4/c1-4-5-13-23-22(27)24(2)19-8-6-7-18(15-19)17-11-9-16(10-12-17)14-20(28-3)21(25)26/h6-12,14-15H,4-5,13H2,1-3H3,(H,23,27)(H,25,26)/b20-14-. The molecule has 0 unspecified atom stereocenters. The van der Waals surface area contributed by atoms with Gasteiger partial charge in [0.15, 0.2) is 0 Å². The third-order valence-corrected chi connectivity index (χ3v) is 4.32. The average Bonchev–Trinajstić information content (AvgIpc) is 2.71. The van der Waals surface area contributed by atoms with E-state index in [9.17, 15) is 9.59 Å². The number of anilines is 1. The van der Waals surface area contributed by atoms with Gasteiger partial charge in [-0.3, -0.25) is 4.90 Å². The Hall–Kier alpha value is -3.28. The topological polar surface area (TPSA) is 78.9 Å². The minimum atomic E-state index is -1.11. The van der Waals surface area contributed by atoms with Gasteiger partial charge >= 0.3 is 12.0 Å². The van der Waals surface area contributed by atoms with E-state index in [2.05, 4.69) is 12.2 Å². The van der Waals surface area contributed by atoms with Gasteiger partial charge in [-0.1, -0.05) is 49.7 Å². The fraction of sp³-hybridized carbons (Fsp3) is 0.273. The number of methoxy groups -OCH3 is 1. The summed E-state index contributed by atoms with van der Waals surface area (Å²) in [5.74, 6) is -1.23. The largest absolute Gasteiger partial charge is 0.490 e. The molecular weight excluding hydrogens is 356 g/mol. The van der Waals surface area contributed by atoms with Gasteiger partial charge in [-0.25, -0.2) is 9.59 Å². The molecule has 2 rings (SSSR count). The van der Waals surface area contributed by atoms with Gasteiger partial charge in [0, 0.05) is 19.3 Å². The van der Waals surface area contributed by atoms with Crippen LogP contribution < -0.4 is 10.2 Å². The molecule has 0 heterocycles. The summed E-state index contributed by atoms with van der Waals surface area (Å²) in [6.45, 7) is 2.74. The van der Waals surface area contributed by atoms with Crippen molar-refractivity contribution in [1.82, 2.24) is 5.32 Å². The van der Waals surface area contributed by atoms with Gasteiger partial charge in [0.25, 0.3) is 0 Å². The number of rotatable bonds is 8. The Bertz CT molecular complexity index is 844. The lowest BCUT2D eigenvalue weighted by molar-refractivity contribution is -0.135. The van der Waals surface area contributed by atoms with Crippen molar-refractivity contribution in [1.29, 1.82) is 0 Å². The molecule has 0 spiro atoms. The number of amides is 2. The van der Waals surface area contributed by atoms with Crippen molar-refractivity contribution < 1.29 is 19.4 Å². The van der Waals surface area contributed by atoms with Crippen molar-refractivity contribution in [2.75, 3.05) is 25.6 Å². The average molecular weight is 382 g/mol. The maximum atomic E-state index is 12.2. The molecule has 0 saturated heterocycles. The summed E-state index contributed by atoms with van der Waals surface area (Å²) in [4.78, 5) is 24.9. The zero-order chi connectivity index (χ0) is 20.5. The second-order valence-corrected chi connectivity index (χ2v) is 6.33. The van der Waals surface area contributed by atoms with Crippen molar-refractivity contribution >= 4 is 23.8 Å². The molecule has 0 aliphatic rings. The van der Waals surface area contributed by atoms with Crippen LogP contribution in [-0.2, 0) is 9.53 Å². The third-order valence-electron chi connectivity index (χ3n) is 4.32. The van der Waals surface area contributed by atoms with Crippen LogP contribution in [0, 0.1) is 0 Å². The van der Waals surface area contributed by atoms with E-state index >= 15 is 0 Å². The fourth-order valence-corrected chi connectivity index (χ4v) is 2.63. The lowest BCUT2D eigenvalue weighted by Crippen LogP contribution is -2.37. The van der Waals surface area contributed by atoms with E-state index in [1.165, 1.54) is 13.2 Å². The summed E-state index contributed by atoms with van der Waals surface area (Å²) in [6.07, 6.45) is 3.45. The highest BCUT2D eigenvalue weighted by molar-refractivity contribution is 5.92. The van der Waals surface area contributed by atoms with E-state index in [0.717, 1.165) is 35.2 Å². The quantitative estimate of drug-likeness (QED) is 0.404. The van der Waals surface area contributed by atoms with Crippen LogP contribution in [0.2, 0.25) is 0 Å². The smallest absolute Gasteiger partial charge is 0.371 e. The summed E-state index contributed by atoms with van der Waals surface area (Å²) in [6, 6.07) is 15.0. The number of hydrogen-bond acceptors (Lipinski definition) is 3. The molecule has 0 atom stereocenters. The first-order valence-electron chi connectivity index (χ1n) is 9.17. The van der Waals surface area contributed by atoms with Crippen LogP contribution in [0.1, 0.15) is 25.3 Å². The van der Waals surface area contributed by atoms with Crippen molar-refractivity contribution in [3.05, 3.63) is 59.9 Å². The normalized spacial score (nSPS) is 11.0. The number of hydrogen-bond donors (Lipinski definition) is 2. The number of unbranched alkanes of at least 4 members (excludes halogenated alkanes) is 1. The van der Waals surface area contributed by atoms with Gasteiger partial charge in [0.05, 0.1) is 7.11 Å². The summed E-state index contributed by atoms with van der Waals surface area (Å²) in [5.41, 5.74) is 3.45. The summed E-state index contributed by atoms with van der Waals surface area (Å²) in [7, 11) is 3.07. The number of carbonyl (C=O) groups is 2. The van der Waals surface area contributed by atoms with Gasteiger partial charge in [0.2, 0.25) is 5.76 Å². The fourth-order valence-electron chi connectivity index (χ4n) is 2.63. The zero-order valence-electron chi connectivity index (χ0n) is 16.4. The van der Waals surface area contributed by atoms with Crippen molar-refractivity contribution in [2.24, 2.45) is 0 Å². The van der Waals surface area contributed by atoms with Crippen LogP contribution >= 0.6 is 0 Å². The highest BCUT2D eigenvalue weighted by Gasteiger charge is 2.11. The first-order valence-corrected chi connectivity index (χ1v) is 9.17. The second-order valence-electron chi connectivity index (χ2n) is 6.33. The number of nitrogens with zero attached hydrogens (tertiary/aromatic N) is 1. The minimum absolute atomic E-state index is 0.120. The van der Waals surface area contributed by atoms with Crippen molar-refractivity contribution in [3.8, 4) is 11.1 Å². The Kier molecular flexibility index (Phi) is 7.63. The maximum absolute atomic E-state index is 12.2. The Morgan fingerprint density at radius 2 is 1.86 bits per heavy atom. The van der Waals surface area contributed by atoms with E-state index in [-0.39, 0.29) is 11.8 Å². The molecule has 2 amide bonds. The lowest BCUT2D eigenvalue weighted by Gasteiger charge is -2.19. The minimum Gasteiger partial charge on any atom is -0.490 e. The molecule has 0 aliphatic carbocycles. The summed E-state index contributed by atoms with van der Waals surface area (Å²) < 4.78 is 4.85. The highest BCUT2D eigenvalue weighted by Crippen LogP contribution is 2.25. The number of carboxylic acid groups (broad SMARTS) is 1. The van der Waals surface area contributed by atoms with Crippen molar-refractivity contribution in [3.63, 3.8) is 0 Å². The number of urea groups is 1. The van der Waals surface area contributed by atoms with E-state index in [0.29, 0.717) is 6.54 Å². The van der Waals surface area contributed by atoms with Gasteiger partial charge < -0.3 is 15.2 Å². The lowest BCUT2D eigenvalue weighted by atomic mass is 10.0. The number of carbonyl (C=O) groups excluding carboxylic acids is 1. The molecule has 0 aromatic heterocycles. The van der Waals surface area contributed by atoms with Crippen LogP contribution in [-0.4, -0.2) is 37.8 Å². The molecule has 148 valence electrons. The summed E-state index contributed by atoms with van der Waals surface area (Å²) >= 11 is 0.